The van der Waals surface area contributed by atoms with Crippen LogP contribution in [-0.2, 0) is 13.2 Å². The zero-order valence-electron chi connectivity index (χ0n) is 10.4. The van der Waals surface area contributed by atoms with Crippen LogP contribution in [0.15, 0.2) is 0 Å². The molecule has 17 heavy (non-hydrogen) atoms. The minimum atomic E-state index is -0.0442. The molecule has 0 atom stereocenters. The summed E-state index contributed by atoms with van der Waals surface area (Å²) in [5, 5.41) is 16.0. The van der Waals surface area contributed by atoms with Crippen molar-refractivity contribution in [2.75, 3.05) is 0 Å². The van der Waals surface area contributed by atoms with Crippen LogP contribution in [0.4, 0.5) is 0 Å². The molecule has 0 aromatic carbocycles. The van der Waals surface area contributed by atoms with E-state index >= 15 is 0 Å². The highest BCUT2D eigenvalue weighted by Gasteiger charge is 2.21. The van der Waals surface area contributed by atoms with E-state index in [-0.39, 0.29) is 6.61 Å². The lowest BCUT2D eigenvalue weighted by atomic mass is 9.81. The molecule has 1 aromatic rings. The molecule has 1 aliphatic carbocycles. The quantitative estimate of drug-likeness (QED) is 0.813. The van der Waals surface area contributed by atoms with Crippen molar-refractivity contribution in [3.05, 3.63) is 10.6 Å². The van der Waals surface area contributed by atoms with Gasteiger partial charge in [0.25, 0.3) is 0 Å². The van der Waals surface area contributed by atoms with Gasteiger partial charge in [-0.1, -0.05) is 26.2 Å². The third-order valence-corrected chi connectivity index (χ3v) is 4.27. The van der Waals surface area contributed by atoms with Crippen molar-refractivity contribution in [2.45, 2.75) is 52.2 Å². The van der Waals surface area contributed by atoms with Gasteiger partial charge in [0.1, 0.15) is 6.61 Å². The van der Waals surface area contributed by atoms with Gasteiger partial charge in [0.05, 0.1) is 0 Å². The number of aliphatic hydroxyl groups excluding tert-OH is 1. The molecule has 0 amide bonds. The molecule has 5 heteroatoms. The highest BCUT2D eigenvalue weighted by Crippen LogP contribution is 2.31. The van der Waals surface area contributed by atoms with E-state index in [1.54, 1.807) is 0 Å². The van der Waals surface area contributed by atoms with Crippen molar-refractivity contribution in [2.24, 2.45) is 11.8 Å². The van der Waals surface area contributed by atoms with Crippen LogP contribution in [0.2, 0.25) is 0 Å². The van der Waals surface area contributed by atoms with Gasteiger partial charge in [0.15, 0.2) is 10.6 Å². The predicted molar refractivity (Wildman–Crippen MR) is 69.1 cm³/mol. The van der Waals surface area contributed by atoms with Crippen LogP contribution in [0, 0.1) is 16.6 Å². The molecule has 2 N–H and O–H groups in total. The monoisotopic (exact) mass is 255 g/mol. The Bertz CT molecular complexity index is 404. The van der Waals surface area contributed by atoms with Crippen LogP contribution in [0.5, 0.6) is 0 Å². The van der Waals surface area contributed by atoms with Gasteiger partial charge in [-0.25, -0.2) is 0 Å². The van der Waals surface area contributed by atoms with Crippen molar-refractivity contribution >= 4 is 12.2 Å². The molecule has 0 spiro atoms. The Balaban J connectivity index is 1.97. The number of nitrogens with one attached hydrogen (secondary N) is 1. The Hall–Kier alpha value is -0.680. The van der Waals surface area contributed by atoms with Crippen LogP contribution in [-0.4, -0.2) is 19.9 Å². The molecular formula is C12H21N3OS. The van der Waals surface area contributed by atoms with Crippen LogP contribution < -0.4 is 0 Å². The maximum atomic E-state index is 9.19. The van der Waals surface area contributed by atoms with E-state index < -0.39 is 0 Å². The van der Waals surface area contributed by atoms with Crippen molar-refractivity contribution in [1.29, 1.82) is 0 Å². The number of aromatic nitrogens is 3. The first kappa shape index (κ1) is 12.8. The topological polar surface area (TPSA) is 53.8 Å². The number of nitrogens with zero attached hydrogens (tertiary/aromatic N) is 2. The Labute approximate surface area is 107 Å². The lowest BCUT2D eigenvalue weighted by Crippen LogP contribution is -2.20. The Kier molecular flexibility index (Phi) is 4.34. The van der Waals surface area contributed by atoms with Gasteiger partial charge >= 0.3 is 0 Å². The lowest BCUT2D eigenvalue weighted by Gasteiger charge is -2.28. The summed E-state index contributed by atoms with van der Waals surface area (Å²) >= 11 is 5.19. The molecule has 1 aromatic heterocycles. The normalized spacial score (nSPS) is 25.1. The smallest absolute Gasteiger partial charge is 0.195 e. The number of rotatable bonds is 4. The third-order valence-electron chi connectivity index (χ3n) is 3.96. The van der Waals surface area contributed by atoms with Crippen molar-refractivity contribution < 1.29 is 5.11 Å². The van der Waals surface area contributed by atoms with E-state index in [9.17, 15) is 5.11 Å². The number of aliphatic hydroxyl groups is 1. The van der Waals surface area contributed by atoms with Gasteiger partial charge in [-0.05, 0) is 36.9 Å². The molecule has 2 rings (SSSR count). The van der Waals surface area contributed by atoms with E-state index in [1.165, 1.54) is 32.1 Å². The zero-order chi connectivity index (χ0) is 12.3. The minimum absolute atomic E-state index is 0.0442. The molecule has 1 saturated carbocycles. The second-order valence-electron chi connectivity index (χ2n) is 5.01. The van der Waals surface area contributed by atoms with Crippen molar-refractivity contribution in [3.8, 4) is 0 Å². The highest BCUT2D eigenvalue weighted by atomic mass is 32.1. The SMILES string of the molecule is CCC1CCC(Cn2c(CO)n[nH]c2=S)CC1. The van der Waals surface area contributed by atoms with Crippen LogP contribution in [0.1, 0.15) is 44.9 Å². The molecule has 96 valence electrons. The van der Waals surface area contributed by atoms with Crippen molar-refractivity contribution in [1.82, 2.24) is 14.8 Å². The fourth-order valence-corrected chi connectivity index (χ4v) is 2.97. The summed E-state index contributed by atoms with van der Waals surface area (Å²) in [6.07, 6.45) is 6.52. The molecule has 0 radical (unpaired) electrons. The van der Waals surface area contributed by atoms with Gasteiger partial charge < -0.3 is 9.67 Å². The van der Waals surface area contributed by atoms with E-state index in [4.69, 9.17) is 12.2 Å². The standard InChI is InChI=1S/C12H21N3OS/c1-2-9-3-5-10(6-4-9)7-15-11(8-16)13-14-12(15)17/h9-10,16H,2-8H2,1H3,(H,14,17). The largest absolute Gasteiger partial charge is 0.388 e. The maximum absolute atomic E-state index is 9.19. The lowest BCUT2D eigenvalue weighted by molar-refractivity contribution is 0.231. The third kappa shape index (κ3) is 2.96. The summed E-state index contributed by atoms with van der Waals surface area (Å²) in [5.74, 6) is 2.26. The average molecular weight is 255 g/mol. The summed E-state index contributed by atoms with van der Waals surface area (Å²) in [6, 6.07) is 0. The maximum Gasteiger partial charge on any atom is 0.195 e. The molecular weight excluding hydrogens is 234 g/mol. The minimum Gasteiger partial charge on any atom is -0.388 e. The number of H-pyrrole nitrogens is 1. The highest BCUT2D eigenvalue weighted by molar-refractivity contribution is 7.71. The molecule has 0 bridgehead atoms. The van der Waals surface area contributed by atoms with E-state index in [0.717, 1.165) is 12.5 Å². The van der Waals surface area contributed by atoms with Crippen molar-refractivity contribution in [3.63, 3.8) is 0 Å². The molecule has 1 fully saturated rings. The van der Waals surface area contributed by atoms with Gasteiger partial charge in [-0.2, -0.15) is 5.10 Å². The van der Waals surface area contributed by atoms with E-state index in [1.807, 2.05) is 4.57 Å². The summed E-state index contributed by atoms with van der Waals surface area (Å²) in [7, 11) is 0. The number of aromatic amines is 1. The number of hydrogen-bond acceptors (Lipinski definition) is 3. The first-order valence-corrected chi connectivity index (χ1v) is 6.90. The number of hydrogen-bond donors (Lipinski definition) is 2. The Morgan fingerprint density at radius 1 is 1.35 bits per heavy atom. The zero-order valence-corrected chi connectivity index (χ0v) is 11.2. The van der Waals surface area contributed by atoms with E-state index in [0.29, 0.717) is 16.5 Å². The Morgan fingerprint density at radius 2 is 2.00 bits per heavy atom. The molecule has 0 unspecified atom stereocenters. The summed E-state index contributed by atoms with van der Waals surface area (Å²) in [4.78, 5) is 0. The van der Waals surface area contributed by atoms with Gasteiger partial charge in [0.2, 0.25) is 0 Å². The van der Waals surface area contributed by atoms with Crippen LogP contribution in [0.3, 0.4) is 0 Å². The fourth-order valence-electron chi connectivity index (χ4n) is 2.74. The molecule has 0 saturated heterocycles. The first-order valence-electron chi connectivity index (χ1n) is 6.49. The summed E-state index contributed by atoms with van der Waals surface area (Å²) in [6.45, 7) is 3.14. The summed E-state index contributed by atoms with van der Waals surface area (Å²) < 4.78 is 2.58. The second-order valence-corrected chi connectivity index (χ2v) is 5.40. The average Bonchev–Trinajstić information content (AvgIpc) is 2.71. The molecule has 0 aliphatic heterocycles. The predicted octanol–water partition coefficient (Wildman–Crippen LogP) is 2.65. The second kappa shape index (κ2) is 5.78. The van der Waals surface area contributed by atoms with Gasteiger partial charge in [-0.15, -0.1) is 0 Å². The fraction of sp³-hybridized carbons (Fsp3) is 0.833. The first-order chi connectivity index (χ1) is 8.24. The molecule has 1 heterocycles. The van der Waals surface area contributed by atoms with Gasteiger partial charge in [-0.3, -0.25) is 5.10 Å². The van der Waals surface area contributed by atoms with Gasteiger partial charge in [0, 0.05) is 6.54 Å². The summed E-state index contributed by atoms with van der Waals surface area (Å²) in [5.41, 5.74) is 0. The molecule has 1 aliphatic rings. The molecule has 4 nitrogen and oxygen atoms in total. The van der Waals surface area contributed by atoms with Crippen LogP contribution in [0.25, 0.3) is 0 Å². The Morgan fingerprint density at radius 3 is 2.59 bits per heavy atom. The van der Waals surface area contributed by atoms with Crippen LogP contribution >= 0.6 is 12.2 Å². The van der Waals surface area contributed by atoms with E-state index in [2.05, 4.69) is 17.1 Å².